The highest BCUT2D eigenvalue weighted by Crippen LogP contribution is 2.26. The zero-order chi connectivity index (χ0) is 24.0. The Morgan fingerprint density at radius 1 is 0.879 bits per heavy atom. The maximum Gasteiger partial charge on any atom is 0.329 e. The minimum atomic E-state index is -0.957. The van der Waals surface area contributed by atoms with E-state index in [1.165, 1.54) is 12.1 Å². The number of benzene rings is 3. The molecule has 0 aliphatic carbocycles. The molecule has 3 aromatic carbocycles. The molecule has 0 fully saturated rings. The smallest absolute Gasteiger partial charge is 0.329 e. The van der Waals surface area contributed by atoms with Gasteiger partial charge in [-0.2, -0.15) is 5.10 Å². The summed E-state index contributed by atoms with van der Waals surface area (Å²) >= 11 is 24.2. The van der Waals surface area contributed by atoms with Crippen molar-refractivity contribution in [2.75, 3.05) is 5.32 Å². The van der Waals surface area contributed by atoms with Crippen molar-refractivity contribution in [2.24, 2.45) is 5.10 Å². The van der Waals surface area contributed by atoms with Crippen LogP contribution in [0.15, 0.2) is 65.8 Å². The molecule has 6 nitrogen and oxygen atoms in total. The Hall–Kier alpha value is -2.77. The van der Waals surface area contributed by atoms with E-state index in [-0.39, 0.29) is 17.3 Å². The van der Waals surface area contributed by atoms with E-state index in [9.17, 15) is 9.59 Å². The lowest BCUT2D eigenvalue weighted by molar-refractivity contribution is -0.136. The van der Waals surface area contributed by atoms with Crippen LogP contribution in [0.25, 0.3) is 0 Å². The van der Waals surface area contributed by atoms with E-state index in [1.54, 1.807) is 55.5 Å². The van der Waals surface area contributed by atoms with E-state index < -0.39 is 11.8 Å². The number of halogens is 4. The summed E-state index contributed by atoms with van der Waals surface area (Å²) in [5.74, 6) is -1.29. The summed E-state index contributed by atoms with van der Waals surface area (Å²) in [5.41, 5.74) is 4.33. The lowest BCUT2D eigenvalue weighted by atomic mass is 10.1. The van der Waals surface area contributed by atoms with Crippen LogP contribution < -0.4 is 15.5 Å². The van der Waals surface area contributed by atoms with Gasteiger partial charge in [-0.05, 0) is 67.1 Å². The Kier molecular flexibility index (Phi) is 8.58. The van der Waals surface area contributed by atoms with Crippen LogP contribution in [0.3, 0.4) is 0 Å². The first-order valence-corrected chi connectivity index (χ1v) is 11.0. The highest BCUT2D eigenvalue weighted by atomic mass is 35.5. The molecular weight excluding hydrogens is 508 g/mol. The predicted molar refractivity (Wildman–Crippen MR) is 133 cm³/mol. The number of amides is 2. The Morgan fingerprint density at radius 3 is 2.21 bits per heavy atom. The van der Waals surface area contributed by atoms with Crippen molar-refractivity contribution in [3.63, 3.8) is 0 Å². The first-order valence-electron chi connectivity index (χ1n) is 9.51. The number of carbonyl (C=O) groups excluding carboxylic acids is 2. The molecule has 0 saturated carbocycles. The summed E-state index contributed by atoms with van der Waals surface area (Å²) in [7, 11) is 0. The molecule has 0 aliphatic heterocycles. The van der Waals surface area contributed by atoms with Gasteiger partial charge in [-0.15, -0.1) is 0 Å². The molecule has 0 aromatic heterocycles. The van der Waals surface area contributed by atoms with E-state index in [0.717, 1.165) is 5.56 Å². The van der Waals surface area contributed by atoms with Crippen molar-refractivity contribution < 1.29 is 14.3 Å². The molecule has 2 amide bonds. The van der Waals surface area contributed by atoms with Crippen LogP contribution in [0.4, 0.5) is 5.69 Å². The minimum absolute atomic E-state index is 0.215. The number of nitrogens with zero attached hydrogens (tertiary/aromatic N) is 1. The summed E-state index contributed by atoms with van der Waals surface area (Å²) in [6.07, 6.45) is 0. The maximum absolute atomic E-state index is 12.1. The highest BCUT2D eigenvalue weighted by molar-refractivity contribution is 6.42. The SMILES string of the molecule is C/C(=N\NC(=O)C(=O)Nc1cc(Cl)ccc1Cl)c1ccc(OCc2c(Cl)cccc2Cl)cc1. The molecular formula is C23H17Cl4N3O3. The number of ether oxygens (including phenoxy) is 1. The van der Waals surface area contributed by atoms with E-state index in [1.807, 2.05) is 0 Å². The van der Waals surface area contributed by atoms with E-state index in [0.29, 0.717) is 32.1 Å². The van der Waals surface area contributed by atoms with Crippen molar-refractivity contribution in [1.29, 1.82) is 0 Å². The van der Waals surface area contributed by atoms with Gasteiger partial charge in [0.2, 0.25) is 0 Å². The van der Waals surface area contributed by atoms with Crippen molar-refractivity contribution in [3.8, 4) is 5.75 Å². The van der Waals surface area contributed by atoms with Crippen LogP contribution in [0.5, 0.6) is 5.75 Å². The van der Waals surface area contributed by atoms with Crippen molar-refractivity contribution in [3.05, 3.63) is 91.9 Å². The van der Waals surface area contributed by atoms with E-state index >= 15 is 0 Å². The quantitative estimate of drug-likeness (QED) is 0.224. The molecule has 3 aromatic rings. The lowest BCUT2D eigenvalue weighted by Gasteiger charge is -2.10. The third-order valence-corrected chi connectivity index (χ3v) is 5.70. The summed E-state index contributed by atoms with van der Waals surface area (Å²) in [5, 5.41) is 8.02. The van der Waals surface area contributed by atoms with Gasteiger partial charge in [0.25, 0.3) is 0 Å². The van der Waals surface area contributed by atoms with Gasteiger partial charge in [0.05, 0.1) is 16.4 Å². The Bertz CT molecular complexity index is 1190. The van der Waals surface area contributed by atoms with Gasteiger partial charge in [0.1, 0.15) is 12.4 Å². The fraction of sp³-hybridized carbons (Fsp3) is 0.0870. The lowest BCUT2D eigenvalue weighted by Crippen LogP contribution is -2.33. The molecule has 0 spiro atoms. The van der Waals surface area contributed by atoms with Gasteiger partial charge in [-0.25, -0.2) is 5.43 Å². The monoisotopic (exact) mass is 523 g/mol. The largest absolute Gasteiger partial charge is 0.489 e. The molecule has 0 atom stereocenters. The minimum Gasteiger partial charge on any atom is -0.489 e. The second-order valence-electron chi connectivity index (χ2n) is 6.73. The molecule has 33 heavy (non-hydrogen) atoms. The first-order chi connectivity index (χ1) is 15.7. The summed E-state index contributed by atoms with van der Waals surface area (Å²) in [4.78, 5) is 24.1. The molecule has 0 saturated heterocycles. The molecule has 0 bridgehead atoms. The fourth-order valence-corrected chi connectivity index (χ4v) is 3.48. The molecule has 10 heteroatoms. The van der Waals surface area contributed by atoms with Crippen LogP contribution in [0.1, 0.15) is 18.1 Å². The average Bonchev–Trinajstić information content (AvgIpc) is 2.79. The molecule has 3 rings (SSSR count). The van der Waals surface area contributed by atoms with Gasteiger partial charge < -0.3 is 10.1 Å². The van der Waals surface area contributed by atoms with Gasteiger partial charge >= 0.3 is 11.8 Å². The second kappa shape index (κ2) is 11.4. The molecule has 0 heterocycles. The number of rotatable bonds is 6. The van der Waals surface area contributed by atoms with Crippen molar-refractivity contribution in [1.82, 2.24) is 5.43 Å². The molecule has 0 unspecified atom stereocenters. The molecule has 0 radical (unpaired) electrons. The topological polar surface area (TPSA) is 79.8 Å². The number of hydrazone groups is 1. The number of anilines is 1. The number of carbonyl (C=O) groups is 2. The third-order valence-electron chi connectivity index (χ3n) is 4.42. The highest BCUT2D eigenvalue weighted by Gasteiger charge is 2.15. The zero-order valence-electron chi connectivity index (χ0n) is 17.2. The number of hydrogen-bond acceptors (Lipinski definition) is 4. The van der Waals surface area contributed by atoms with E-state index in [4.69, 9.17) is 51.1 Å². The third kappa shape index (κ3) is 6.85. The van der Waals surface area contributed by atoms with Gasteiger partial charge in [-0.3, -0.25) is 9.59 Å². The van der Waals surface area contributed by atoms with Crippen LogP contribution in [0.2, 0.25) is 20.1 Å². The summed E-state index contributed by atoms with van der Waals surface area (Å²) in [6.45, 7) is 1.90. The molecule has 0 aliphatic rings. The number of hydrogen-bond donors (Lipinski definition) is 2. The fourth-order valence-electron chi connectivity index (χ4n) is 2.64. The first kappa shape index (κ1) is 24.9. The normalized spacial score (nSPS) is 11.1. The van der Waals surface area contributed by atoms with Gasteiger partial charge in [0, 0.05) is 20.6 Å². The van der Waals surface area contributed by atoms with Crippen molar-refractivity contribution >= 4 is 69.6 Å². The predicted octanol–water partition coefficient (Wildman–Crippen LogP) is 6.36. The van der Waals surface area contributed by atoms with E-state index in [2.05, 4.69) is 15.8 Å². The standard InChI is InChI=1S/C23H17Cl4N3O3/c1-13(29-30-23(32)22(31)28-21-11-15(24)7-10-20(21)27)14-5-8-16(9-6-14)33-12-17-18(25)3-2-4-19(17)26/h2-11H,12H2,1H3,(H,28,31)(H,30,32)/b29-13+. The molecule has 2 N–H and O–H groups in total. The molecule has 170 valence electrons. The Balaban J connectivity index is 1.57. The zero-order valence-corrected chi connectivity index (χ0v) is 20.2. The summed E-state index contributed by atoms with van der Waals surface area (Å²) < 4.78 is 5.74. The van der Waals surface area contributed by atoms with Crippen LogP contribution in [-0.4, -0.2) is 17.5 Å². The second-order valence-corrected chi connectivity index (χ2v) is 8.39. The van der Waals surface area contributed by atoms with Crippen LogP contribution in [-0.2, 0) is 16.2 Å². The van der Waals surface area contributed by atoms with Crippen LogP contribution >= 0.6 is 46.4 Å². The van der Waals surface area contributed by atoms with Crippen LogP contribution in [0, 0.1) is 0 Å². The Morgan fingerprint density at radius 2 is 1.55 bits per heavy atom. The maximum atomic E-state index is 12.1. The Labute approximate surface area is 210 Å². The number of nitrogens with one attached hydrogen (secondary N) is 2. The van der Waals surface area contributed by atoms with Gasteiger partial charge in [0.15, 0.2) is 0 Å². The van der Waals surface area contributed by atoms with Gasteiger partial charge in [-0.1, -0.05) is 52.5 Å². The van der Waals surface area contributed by atoms with Crippen molar-refractivity contribution in [2.45, 2.75) is 13.5 Å². The summed E-state index contributed by atoms with van der Waals surface area (Å²) in [6, 6.07) is 16.8. The average molecular weight is 525 g/mol.